The van der Waals surface area contributed by atoms with Gasteiger partial charge in [-0.1, -0.05) is 30.3 Å². The number of aromatic nitrogens is 1. The van der Waals surface area contributed by atoms with Gasteiger partial charge in [0.1, 0.15) is 5.82 Å². The molecular weight excluding hydrogens is 355 g/mol. The maximum absolute atomic E-state index is 12.6. The number of alkyl halides is 3. The van der Waals surface area contributed by atoms with E-state index in [4.69, 9.17) is 0 Å². The molecular formula is C20H20F3N3O. The van der Waals surface area contributed by atoms with Gasteiger partial charge in [-0.2, -0.15) is 13.2 Å². The number of rotatable bonds is 4. The van der Waals surface area contributed by atoms with Crippen molar-refractivity contribution in [3.8, 4) is 0 Å². The van der Waals surface area contributed by atoms with Gasteiger partial charge in [0.05, 0.1) is 5.56 Å². The predicted molar refractivity (Wildman–Crippen MR) is 98.1 cm³/mol. The minimum Gasteiger partial charge on any atom is -0.356 e. The Labute approximate surface area is 155 Å². The number of nitrogens with zero attached hydrogens (tertiary/aromatic N) is 2. The van der Waals surface area contributed by atoms with Gasteiger partial charge in [0.15, 0.2) is 0 Å². The number of anilines is 1. The molecule has 0 saturated carbocycles. The number of hydrogen-bond donors (Lipinski definition) is 1. The lowest BCUT2D eigenvalue weighted by molar-refractivity contribution is -0.137. The smallest absolute Gasteiger partial charge is 0.356 e. The number of pyridine rings is 1. The summed E-state index contributed by atoms with van der Waals surface area (Å²) < 4.78 is 37.8. The molecule has 1 saturated heterocycles. The first kappa shape index (κ1) is 18.9. The van der Waals surface area contributed by atoms with Crippen molar-refractivity contribution < 1.29 is 18.0 Å². The van der Waals surface area contributed by atoms with Crippen LogP contribution in [0.4, 0.5) is 19.0 Å². The highest BCUT2D eigenvalue weighted by molar-refractivity contribution is 5.91. The maximum atomic E-state index is 12.6. The first-order valence-electron chi connectivity index (χ1n) is 8.73. The minimum absolute atomic E-state index is 0.0450. The van der Waals surface area contributed by atoms with Gasteiger partial charge in [-0.3, -0.25) is 4.79 Å². The van der Waals surface area contributed by atoms with Gasteiger partial charge < -0.3 is 10.2 Å². The number of carbonyl (C=O) groups is 1. The fourth-order valence-corrected chi connectivity index (χ4v) is 2.98. The molecule has 1 fully saturated rings. The summed E-state index contributed by atoms with van der Waals surface area (Å²) in [4.78, 5) is 17.9. The van der Waals surface area contributed by atoms with Gasteiger partial charge in [-0.25, -0.2) is 4.98 Å². The fourth-order valence-electron chi connectivity index (χ4n) is 2.98. The van der Waals surface area contributed by atoms with E-state index in [0.717, 1.165) is 17.8 Å². The molecule has 1 aromatic heterocycles. The molecule has 1 aromatic carbocycles. The molecule has 2 heterocycles. The van der Waals surface area contributed by atoms with Gasteiger partial charge >= 0.3 is 6.18 Å². The van der Waals surface area contributed by atoms with Crippen LogP contribution in [0.5, 0.6) is 0 Å². The van der Waals surface area contributed by atoms with Crippen molar-refractivity contribution in [2.24, 2.45) is 0 Å². The third kappa shape index (κ3) is 5.32. The molecule has 2 aromatic rings. The van der Waals surface area contributed by atoms with E-state index in [0.29, 0.717) is 31.7 Å². The van der Waals surface area contributed by atoms with Crippen LogP contribution in [-0.2, 0) is 11.0 Å². The number of benzene rings is 1. The second-order valence-corrected chi connectivity index (χ2v) is 6.42. The van der Waals surface area contributed by atoms with Gasteiger partial charge in [0.2, 0.25) is 5.91 Å². The van der Waals surface area contributed by atoms with Crippen molar-refractivity contribution in [1.29, 1.82) is 0 Å². The van der Waals surface area contributed by atoms with Crippen molar-refractivity contribution in [3.05, 3.63) is 65.9 Å². The van der Waals surface area contributed by atoms with Gasteiger partial charge in [0, 0.05) is 31.4 Å². The normalized spacial score (nSPS) is 15.9. The third-order valence-corrected chi connectivity index (χ3v) is 4.47. The van der Waals surface area contributed by atoms with Crippen molar-refractivity contribution in [1.82, 2.24) is 10.3 Å². The largest absolute Gasteiger partial charge is 0.417 e. The average Bonchev–Trinajstić information content (AvgIpc) is 2.67. The summed E-state index contributed by atoms with van der Waals surface area (Å²) in [5.74, 6) is 0.377. The molecule has 4 nitrogen and oxygen atoms in total. The van der Waals surface area contributed by atoms with Crippen molar-refractivity contribution in [3.63, 3.8) is 0 Å². The maximum Gasteiger partial charge on any atom is 0.417 e. The average molecular weight is 375 g/mol. The molecule has 1 amide bonds. The molecule has 1 aliphatic heterocycles. The molecule has 0 atom stereocenters. The standard InChI is InChI=1S/C20H20F3N3O/c21-20(22,23)16-7-8-18(24-14-16)26-12-10-17(11-13-26)25-19(27)9-6-15-4-2-1-3-5-15/h1-9,14,17H,10-13H2,(H,25,27)/b9-6+. The number of halogens is 3. The van der Waals surface area contributed by atoms with Crippen molar-refractivity contribution >= 4 is 17.8 Å². The lowest BCUT2D eigenvalue weighted by Gasteiger charge is -2.33. The summed E-state index contributed by atoms with van der Waals surface area (Å²) in [5.41, 5.74) is 0.203. The number of carbonyl (C=O) groups excluding carboxylic acids is 1. The zero-order valence-corrected chi connectivity index (χ0v) is 14.6. The highest BCUT2D eigenvalue weighted by Gasteiger charge is 2.31. The topological polar surface area (TPSA) is 45.2 Å². The van der Waals surface area contributed by atoms with E-state index in [1.807, 2.05) is 35.2 Å². The van der Waals surface area contributed by atoms with E-state index >= 15 is 0 Å². The fraction of sp³-hybridized carbons (Fsp3) is 0.300. The summed E-state index contributed by atoms with van der Waals surface area (Å²) in [7, 11) is 0. The Morgan fingerprint density at radius 1 is 1.11 bits per heavy atom. The van der Waals surface area contributed by atoms with Crippen LogP contribution < -0.4 is 10.2 Å². The lowest BCUT2D eigenvalue weighted by atomic mass is 10.0. The Hall–Kier alpha value is -2.83. The van der Waals surface area contributed by atoms with Crippen LogP contribution in [0, 0.1) is 0 Å². The number of amides is 1. The number of nitrogens with one attached hydrogen (secondary N) is 1. The molecule has 0 radical (unpaired) electrons. The second-order valence-electron chi connectivity index (χ2n) is 6.42. The molecule has 3 rings (SSSR count). The van der Waals surface area contributed by atoms with Crippen LogP contribution in [0.15, 0.2) is 54.7 Å². The Morgan fingerprint density at radius 2 is 1.81 bits per heavy atom. The summed E-state index contributed by atoms with van der Waals surface area (Å²) in [6.45, 7) is 1.26. The van der Waals surface area contributed by atoms with Crippen LogP contribution in [0.25, 0.3) is 6.08 Å². The quantitative estimate of drug-likeness (QED) is 0.825. The Bertz CT molecular complexity index is 780. The predicted octanol–water partition coefficient (Wildman–Crippen LogP) is 3.90. The summed E-state index contributed by atoms with van der Waals surface area (Å²) in [6, 6.07) is 12.0. The number of piperidine rings is 1. The summed E-state index contributed by atoms with van der Waals surface area (Å²) in [6.07, 6.45) is 1.19. The van der Waals surface area contributed by atoms with E-state index in [2.05, 4.69) is 10.3 Å². The van der Waals surface area contributed by atoms with Crippen molar-refractivity contribution in [2.75, 3.05) is 18.0 Å². The second kappa shape index (κ2) is 8.24. The van der Waals surface area contributed by atoms with Crippen molar-refractivity contribution in [2.45, 2.75) is 25.1 Å². The first-order chi connectivity index (χ1) is 12.9. The van der Waals surface area contributed by atoms with E-state index in [1.54, 1.807) is 6.08 Å². The molecule has 0 bridgehead atoms. The first-order valence-corrected chi connectivity index (χ1v) is 8.73. The van der Waals surface area contributed by atoms with Gasteiger partial charge in [0.25, 0.3) is 0 Å². The molecule has 27 heavy (non-hydrogen) atoms. The highest BCUT2D eigenvalue weighted by atomic mass is 19.4. The summed E-state index contributed by atoms with van der Waals surface area (Å²) >= 11 is 0. The molecule has 142 valence electrons. The molecule has 7 heteroatoms. The zero-order chi connectivity index (χ0) is 19.3. The zero-order valence-electron chi connectivity index (χ0n) is 14.6. The van der Waals surface area contributed by atoms with E-state index < -0.39 is 11.7 Å². The van der Waals surface area contributed by atoms with Crippen LogP contribution >= 0.6 is 0 Å². The Balaban J connectivity index is 1.48. The summed E-state index contributed by atoms with van der Waals surface area (Å²) in [5, 5.41) is 2.97. The van der Waals surface area contributed by atoms with Crippen LogP contribution in [0.1, 0.15) is 24.0 Å². The SMILES string of the molecule is O=C(/C=C/c1ccccc1)NC1CCN(c2ccc(C(F)(F)F)cn2)CC1. The molecule has 0 aliphatic carbocycles. The van der Waals surface area contributed by atoms with Crippen LogP contribution in [0.3, 0.4) is 0 Å². The number of hydrogen-bond acceptors (Lipinski definition) is 3. The Kier molecular flexibility index (Phi) is 5.78. The molecule has 0 unspecified atom stereocenters. The van der Waals surface area contributed by atoms with Gasteiger partial charge in [-0.05, 0) is 36.6 Å². The van der Waals surface area contributed by atoms with Crippen LogP contribution in [0.2, 0.25) is 0 Å². The molecule has 0 spiro atoms. The minimum atomic E-state index is -4.38. The van der Waals surface area contributed by atoms with E-state index in [9.17, 15) is 18.0 Å². The lowest BCUT2D eigenvalue weighted by Crippen LogP contribution is -2.44. The van der Waals surface area contributed by atoms with Crippen LogP contribution in [-0.4, -0.2) is 30.0 Å². The monoisotopic (exact) mass is 375 g/mol. The van der Waals surface area contributed by atoms with E-state index in [1.165, 1.54) is 12.1 Å². The third-order valence-electron chi connectivity index (χ3n) is 4.47. The Morgan fingerprint density at radius 3 is 2.41 bits per heavy atom. The van der Waals surface area contributed by atoms with Gasteiger partial charge in [-0.15, -0.1) is 0 Å². The molecule has 1 N–H and O–H groups in total. The van der Waals surface area contributed by atoms with E-state index in [-0.39, 0.29) is 11.9 Å². The highest BCUT2D eigenvalue weighted by Crippen LogP contribution is 2.29. The molecule has 1 aliphatic rings.